The lowest BCUT2D eigenvalue weighted by molar-refractivity contribution is -0.145. The van der Waals surface area contributed by atoms with Crippen LogP contribution in [0.4, 0.5) is 10.1 Å². The van der Waals surface area contributed by atoms with Gasteiger partial charge in [0.2, 0.25) is 5.91 Å². The van der Waals surface area contributed by atoms with E-state index in [4.69, 9.17) is 4.74 Å². The SMILES string of the molecule is CCC(NC(=O)C1(C)CN(CCCCCF)c2ccccc21)C(=O)OC. The van der Waals surface area contributed by atoms with Gasteiger partial charge in [-0.3, -0.25) is 9.18 Å². The van der Waals surface area contributed by atoms with Crippen molar-refractivity contribution in [2.24, 2.45) is 0 Å². The summed E-state index contributed by atoms with van der Waals surface area (Å²) in [5.74, 6) is -0.604. The molecule has 0 saturated heterocycles. The molecule has 0 bridgehead atoms. The van der Waals surface area contributed by atoms with Crippen molar-refractivity contribution in [3.05, 3.63) is 29.8 Å². The molecule has 6 heteroatoms. The van der Waals surface area contributed by atoms with E-state index in [2.05, 4.69) is 10.2 Å². The number of rotatable bonds is 9. The molecule has 1 amide bonds. The number of hydrogen-bond donors (Lipinski definition) is 1. The Labute approximate surface area is 154 Å². The van der Waals surface area contributed by atoms with E-state index in [-0.39, 0.29) is 12.6 Å². The van der Waals surface area contributed by atoms with Crippen LogP contribution >= 0.6 is 0 Å². The highest BCUT2D eigenvalue weighted by Gasteiger charge is 2.45. The largest absolute Gasteiger partial charge is 0.467 e. The maximum absolute atomic E-state index is 13.0. The number of halogens is 1. The smallest absolute Gasteiger partial charge is 0.328 e. The molecule has 5 nitrogen and oxygen atoms in total. The van der Waals surface area contributed by atoms with Gasteiger partial charge < -0.3 is 15.0 Å². The van der Waals surface area contributed by atoms with Gasteiger partial charge in [-0.15, -0.1) is 0 Å². The number of amides is 1. The summed E-state index contributed by atoms with van der Waals surface area (Å²) in [5.41, 5.74) is 1.26. The molecule has 1 heterocycles. The van der Waals surface area contributed by atoms with Crippen molar-refractivity contribution in [3.8, 4) is 0 Å². The van der Waals surface area contributed by atoms with Gasteiger partial charge in [0.25, 0.3) is 0 Å². The maximum Gasteiger partial charge on any atom is 0.328 e. The Bertz CT molecular complexity index is 637. The van der Waals surface area contributed by atoms with E-state index in [9.17, 15) is 14.0 Å². The van der Waals surface area contributed by atoms with E-state index in [1.807, 2.05) is 38.1 Å². The van der Waals surface area contributed by atoms with Crippen molar-refractivity contribution in [3.63, 3.8) is 0 Å². The van der Waals surface area contributed by atoms with E-state index < -0.39 is 17.4 Å². The van der Waals surface area contributed by atoms with Gasteiger partial charge in [0, 0.05) is 18.8 Å². The van der Waals surface area contributed by atoms with Crippen molar-refractivity contribution in [1.29, 1.82) is 0 Å². The zero-order valence-electron chi connectivity index (χ0n) is 15.9. The number of nitrogens with zero attached hydrogens (tertiary/aromatic N) is 1. The minimum Gasteiger partial charge on any atom is -0.467 e. The summed E-state index contributed by atoms with van der Waals surface area (Å²) in [5, 5.41) is 2.85. The third-order valence-corrected chi connectivity index (χ3v) is 5.11. The first-order valence-corrected chi connectivity index (χ1v) is 9.27. The third kappa shape index (κ3) is 4.17. The van der Waals surface area contributed by atoms with E-state index in [0.29, 0.717) is 19.4 Å². The Hall–Kier alpha value is -2.11. The molecular weight excluding hydrogens is 335 g/mol. The lowest BCUT2D eigenvalue weighted by Crippen LogP contribution is -2.51. The number of benzene rings is 1. The molecule has 1 N–H and O–H groups in total. The predicted octanol–water partition coefficient (Wildman–Crippen LogP) is 2.97. The molecule has 0 aromatic heterocycles. The number of nitrogens with one attached hydrogen (secondary N) is 1. The van der Waals surface area contributed by atoms with E-state index >= 15 is 0 Å². The molecule has 0 spiro atoms. The summed E-state index contributed by atoms with van der Waals surface area (Å²) in [7, 11) is 1.32. The number of esters is 1. The van der Waals surface area contributed by atoms with E-state index in [1.165, 1.54) is 7.11 Å². The highest BCUT2D eigenvalue weighted by Crippen LogP contribution is 2.41. The summed E-state index contributed by atoms with van der Waals surface area (Å²) in [6, 6.07) is 7.22. The number of fused-ring (bicyclic) bond motifs is 1. The van der Waals surface area contributed by atoms with Gasteiger partial charge in [0.1, 0.15) is 6.04 Å². The van der Waals surface area contributed by atoms with Crippen LogP contribution in [0.5, 0.6) is 0 Å². The normalized spacial score (nSPS) is 19.8. The van der Waals surface area contributed by atoms with Crippen molar-refractivity contribution < 1.29 is 18.7 Å². The van der Waals surface area contributed by atoms with Crippen molar-refractivity contribution >= 4 is 17.6 Å². The number of carbonyl (C=O) groups excluding carboxylic acids is 2. The summed E-state index contributed by atoms with van der Waals surface area (Å²) in [6.07, 6.45) is 2.77. The molecule has 1 aromatic carbocycles. The molecule has 0 radical (unpaired) electrons. The number of anilines is 1. The number of ether oxygens (including phenoxy) is 1. The summed E-state index contributed by atoms with van der Waals surface area (Å²) < 4.78 is 17.1. The average Bonchev–Trinajstić information content (AvgIpc) is 2.96. The second kappa shape index (κ2) is 9.01. The van der Waals surface area contributed by atoms with Crippen LogP contribution in [0.25, 0.3) is 0 Å². The third-order valence-electron chi connectivity index (χ3n) is 5.11. The van der Waals surface area contributed by atoms with Gasteiger partial charge in [-0.05, 0) is 44.2 Å². The Morgan fingerprint density at radius 3 is 2.69 bits per heavy atom. The van der Waals surface area contributed by atoms with Crippen molar-refractivity contribution in [2.75, 3.05) is 31.8 Å². The van der Waals surface area contributed by atoms with E-state index in [0.717, 1.165) is 30.6 Å². The van der Waals surface area contributed by atoms with Gasteiger partial charge in [-0.1, -0.05) is 25.1 Å². The van der Waals surface area contributed by atoms with E-state index in [1.54, 1.807) is 0 Å². The molecule has 0 saturated carbocycles. The van der Waals surface area contributed by atoms with Gasteiger partial charge in [-0.25, -0.2) is 4.79 Å². The van der Waals surface area contributed by atoms with Gasteiger partial charge in [-0.2, -0.15) is 0 Å². The number of alkyl halides is 1. The quantitative estimate of drug-likeness (QED) is 0.541. The first-order valence-electron chi connectivity index (χ1n) is 9.27. The highest BCUT2D eigenvalue weighted by atomic mass is 19.1. The van der Waals surface area contributed by atoms with Crippen LogP contribution in [0.3, 0.4) is 0 Å². The number of carbonyl (C=O) groups is 2. The second-order valence-electron chi connectivity index (χ2n) is 6.98. The predicted molar refractivity (Wildman–Crippen MR) is 100 cm³/mol. The van der Waals surface area contributed by atoms with Crippen LogP contribution in [-0.4, -0.2) is 44.8 Å². The van der Waals surface area contributed by atoms with Crippen molar-refractivity contribution in [1.82, 2.24) is 5.32 Å². The molecule has 2 atom stereocenters. The van der Waals surface area contributed by atoms with Crippen LogP contribution in [-0.2, 0) is 19.7 Å². The molecule has 144 valence electrons. The molecule has 1 aromatic rings. The van der Waals surface area contributed by atoms with Gasteiger partial charge in [0.15, 0.2) is 0 Å². The number of hydrogen-bond acceptors (Lipinski definition) is 4. The Kier molecular flexibility index (Phi) is 7.00. The van der Waals surface area contributed by atoms with Crippen LogP contribution in [0, 0.1) is 0 Å². The lowest BCUT2D eigenvalue weighted by atomic mass is 9.83. The summed E-state index contributed by atoms with van der Waals surface area (Å²) >= 11 is 0. The zero-order valence-corrected chi connectivity index (χ0v) is 15.9. The Balaban J connectivity index is 2.17. The fraction of sp³-hybridized carbons (Fsp3) is 0.600. The zero-order chi connectivity index (χ0) is 19.2. The molecule has 1 aliphatic rings. The fourth-order valence-corrected chi connectivity index (χ4v) is 3.52. The van der Waals surface area contributed by atoms with Gasteiger partial charge in [0.05, 0.1) is 19.2 Å². The fourth-order valence-electron chi connectivity index (χ4n) is 3.52. The standard InChI is InChI=1S/C20H29FN2O3/c1-4-16(18(24)26-3)22-19(25)20(2)14-23(13-9-5-8-12-21)17-11-7-6-10-15(17)20/h6-7,10-11,16H,4-5,8-9,12-14H2,1-3H3,(H,22,25). The second-order valence-corrected chi connectivity index (χ2v) is 6.98. The van der Waals surface area contributed by atoms with Crippen LogP contribution in [0.2, 0.25) is 0 Å². The molecular formula is C20H29FN2O3. The molecule has 0 aliphatic carbocycles. The first-order chi connectivity index (χ1) is 12.5. The van der Waals surface area contributed by atoms with Gasteiger partial charge >= 0.3 is 5.97 Å². The number of methoxy groups -OCH3 is 1. The highest BCUT2D eigenvalue weighted by molar-refractivity contribution is 5.95. The number of para-hydroxylation sites is 1. The summed E-state index contributed by atoms with van der Waals surface area (Å²) in [4.78, 5) is 27.1. The Morgan fingerprint density at radius 2 is 2.04 bits per heavy atom. The monoisotopic (exact) mass is 364 g/mol. The minimum absolute atomic E-state index is 0.173. The molecule has 0 fully saturated rings. The average molecular weight is 364 g/mol. The Morgan fingerprint density at radius 1 is 1.31 bits per heavy atom. The molecule has 2 unspecified atom stereocenters. The topological polar surface area (TPSA) is 58.6 Å². The molecule has 1 aliphatic heterocycles. The first kappa shape index (κ1) is 20.2. The van der Waals surface area contributed by atoms with Crippen LogP contribution in [0.15, 0.2) is 24.3 Å². The van der Waals surface area contributed by atoms with Crippen LogP contribution in [0.1, 0.15) is 45.1 Å². The number of unbranched alkanes of at least 4 members (excludes halogenated alkanes) is 2. The summed E-state index contributed by atoms with van der Waals surface area (Å²) in [6.45, 7) is 4.79. The molecule has 2 rings (SSSR count). The maximum atomic E-state index is 13.0. The lowest BCUT2D eigenvalue weighted by Gasteiger charge is -2.27. The van der Waals surface area contributed by atoms with Crippen LogP contribution < -0.4 is 10.2 Å². The van der Waals surface area contributed by atoms with Crippen molar-refractivity contribution in [2.45, 2.75) is 51.0 Å². The minimum atomic E-state index is -0.738. The molecule has 26 heavy (non-hydrogen) atoms.